The topological polar surface area (TPSA) is 22.4 Å². The molecule has 1 aromatic heterocycles. The Bertz CT molecular complexity index is 1290. The van der Waals surface area contributed by atoms with Gasteiger partial charge in [0.2, 0.25) is 0 Å². The van der Waals surface area contributed by atoms with Crippen molar-refractivity contribution in [1.82, 2.24) is 0 Å². The van der Waals surface area contributed by atoms with E-state index < -0.39 is 0 Å². The minimum atomic E-state index is 0. The van der Waals surface area contributed by atoms with Crippen LogP contribution < -0.4 is 17.1 Å². The Morgan fingerprint density at radius 1 is 0.912 bits per heavy atom. The molecule has 3 nitrogen and oxygen atoms in total. The predicted octanol–water partition coefficient (Wildman–Crippen LogP) is 4.69. The Hall–Kier alpha value is -2.20. The van der Waals surface area contributed by atoms with Crippen molar-refractivity contribution in [2.75, 3.05) is 26.2 Å². The second kappa shape index (κ2) is 10.2. The SMILES string of the molecule is Cc1ccc(C[N+]2(CCOc3ccc4c(c3)oc3cc(Cl)ccc34)CCC(C)CC2)cc1C.[Cl-]. The van der Waals surface area contributed by atoms with Gasteiger partial charge in [-0.25, -0.2) is 0 Å². The van der Waals surface area contributed by atoms with Crippen LogP contribution in [0.1, 0.15) is 36.5 Å². The van der Waals surface area contributed by atoms with Crippen LogP contribution in [-0.4, -0.2) is 30.7 Å². The molecule has 0 N–H and O–H groups in total. The number of ether oxygens (including phenoxy) is 1. The molecule has 2 heterocycles. The predicted molar refractivity (Wildman–Crippen MR) is 137 cm³/mol. The summed E-state index contributed by atoms with van der Waals surface area (Å²) < 4.78 is 13.4. The Morgan fingerprint density at radius 3 is 2.35 bits per heavy atom. The Morgan fingerprint density at radius 2 is 1.62 bits per heavy atom. The van der Waals surface area contributed by atoms with E-state index in [1.54, 1.807) is 0 Å². The highest BCUT2D eigenvalue weighted by Crippen LogP contribution is 2.33. The quantitative estimate of drug-likeness (QED) is 0.360. The number of aryl methyl sites for hydroxylation is 2. The molecule has 1 saturated heterocycles. The molecule has 34 heavy (non-hydrogen) atoms. The molecule has 4 aromatic rings. The monoisotopic (exact) mass is 497 g/mol. The van der Waals surface area contributed by atoms with Crippen molar-refractivity contribution in [3.63, 3.8) is 0 Å². The summed E-state index contributed by atoms with van der Waals surface area (Å²) in [5.74, 6) is 1.68. The smallest absolute Gasteiger partial charge is 0.139 e. The van der Waals surface area contributed by atoms with Gasteiger partial charge in [0.25, 0.3) is 0 Å². The maximum atomic E-state index is 6.27. The number of fused-ring (bicyclic) bond motifs is 3. The first kappa shape index (κ1) is 24.9. The van der Waals surface area contributed by atoms with Crippen molar-refractivity contribution >= 4 is 33.5 Å². The fourth-order valence-corrected chi connectivity index (χ4v) is 5.33. The summed E-state index contributed by atoms with van der Waals surface area (Å²) in [5, 5.41) is 2.87. The Kier molecular flexibility index (Phi) is 7.47. The highest BCUT2D eigenvalue weighted by molar-refractivity contribution is 6.31. The second-order valence-corrected chi connectivity index (χ2v) is 10.5. The lowest BCUT2D eigenvalue weighted by atomic mass is 9.95. The lowest BCUT2D eigenvalue weighted by molar-refractivity contribution is -0.946. The van der Waals surface area contributed by atoms with Gasteiger partial charge in [0.15, 0.2) is 0 Å². The molecule has 0 radical (unpaired) electrons. The normalized spacial score (nSPS) is 20.4. The highest BCUT2D eigenvalue weighted by Gasteiger charge is 2.32. The number of likely N-dealkylation sites (tertiary alicyclic amines) is 1. The summed E-state index contributed by atoms with van der Waals surface area (Å²) in [6.07, 6.45) is 2.58. The molecule has 1 aliphatic rings. The number of quaternary nitrogens is 1. The van der Waals surface area contributed by atoms with E-state index in [0.29, 0.717) is 11.6 Å². The van der Waals surface area contributed by atoms with E-state index in [1.807, 2.05) is 24.3 Å². The molecule has 0 spiro atoms. The van der Waals surface area contributed by atoms with Gasteiger partial charge in [0, 0.05) is 33.5 Å². The number of rotatable bonds is 6. The third-order valence-corrected chi connectivity index (χ3v) is 7.76. The van der Waals surface area contributed by atoms with Gasteiger partial charge in [-0.2, -0.15) is 0 Å². The van der Waals surface area contributed by atoms with E-state index >= 15 is 0 Å². The van der Waals surface area contributed by atoms with Crippen molar-refractivity contribution < 1.29 is 26.0 Å². The summed E-state index contributed by atoms with van der Waals surface area (Å²) in [7, 11) is 0. The summed E-state index contributed by atoms with van der Waals surface area (Å²) >= 11 is 6.13. The molecule has 5 heteroatoms. The zero-order valence-electron chi connectivity index (χ0n) is 20.2. The fourth-order valence-electron chi connectivity index (χ4n) is 5.17. The first-order valence-electron chi connectivity index (χ1n) is 12.1. The summed E-state index contributed by atoms with van der Waals surface area (Å²) in [4.78, 5) is 0. The molecule has 180 valence electrons. The van der Waals surface area contributed by atoms with Crippen LogP contribution in [0.2, 0.25) is 5.02 Å². The van der Waals surface area contributed by atoms with Crippen LogP contribution in [0.25, 0.3) is 21.9 Å². The number of hydrogen-bond acceptors (Lipinski definition) is 2. The third-order valence-electron chi connectivity index (χ3n) is 7.52. The van der Waals surface area contributed by atoms with Crippen LogP contribution in [0.4, 0.5) is 0 Å². The molecule has 1 fully saturated rings. The maximum absolute atomic E-state index is 6.27. The minimum Gasteiger partial charge on any atom is -1.00 e. The van der Waals surface area contributed by atoms with Gasteiger partial charge in [0.05, 0.1) is 13.1 Å². The largest absolute Gasteiger partial charge is 1.00 e. The van der Waals surface area contributed by atoms with E-state index in [0.717, 1.165) is 51.2 Å². The van der Waals surface area contributed by atoms with E-state index in [9.17, 15) is 0 Å². The van der Waals surface area contributed by atoms with E-state index in [-0.39, 0.29) is 12.4 Å². The molecular weight excluding hydrogens is 465 g/mol. The molecule has 0 atom stereocenters. The van der Waals surface area contributed by atoms with Crippen LogP contribution >= 0.6 is 11.6 Å². The summed E-state index contributed by atoms with van der Waals surface area (Å²) in [6, 6.07) is 18.9. The van der Waals surface area contributed by atoms with Crippen molar-refractivity contribution in [3.05, 3.63) is 76.3 Å². The van der Waals surface area contributed by atoms with Gasteiger partial charge < -0.3 is 26.0 Å². The number of hydrogen-bond donors (Lipinski definition) is 0. The van der Waals surface area contributed by atoms with Gasteiger partial charge in [-0.15, -0.1) is 0 Å². The van der Waals surface area contributed by atoms with Crippen LogP contribution in [0.5, 0.6) is 5.75 Å². The number of furan rings is 1. The molecule has 0 amide bonds. The minimum absolute atomic E-state index is 0. The average Bonchev–Trinajstić information content (AvgIpc) is 3.15. The van der Waals surface area contributed by atoms with Crippen molar-refractivity contribution in [2.24, 2.45) is 5.92 Å². The number of benzene rings is 3. The summed E-state index contributed by atoms with van der Waals surface area (Å²) in [6.45, 7) is 12.0. The fraction of sp³-hybridized carbons (Fsp3) is 0.379. The summed E-state index contributed by atoms with van der Waals surface area (Å²) in [5.41, 5.74) is 5.84. The number of nitrogens with zero attached hydrogens (tertiary/aromatic N) is 1. The maximum Gasteiger partial charge on any atom is 0.139 e. The first-order valence-corrected chi connectivity index (χ1v) is 12.4. The third kappa shape index (κ3) is 5.22. The van der Waals surface area contributed by atoms with Crippen LogP contribution in [0.3, 0.4) is 0 Å². The lowest BCUT2D eigenvalue weighted by Gasteiger charge is -2.43. The molecule has 0 unspecified atom stereocenters. The molecular formula is C29H33Cl2NO2. The van der Waals surface area contributed by atoms with Crippen molar-refractivity contribution in [2.45, 2.75) is 40.2 Å². The van der Waals surface area contributed by atoms with E-state index in [1.165, 1.54) is 42.6 Å². The van der Waals surface area contributed by atoms with Gasteiger partial charge in [-0.3, -0.25) is 0 Å². The van der Waals surface area contributed by atoms with Gasteiger partial charge in [0.1, 0.15) is 36.6 Å². The molecule has 0 aliphatic carbocycles. The highest BCUT2D eigenvalue weighted by atomic mass is 35.5. The van der Waals surface area contributed by atoms with E-state index in [4.69, 9.17) is 20.8 Å². The average molecular weight is 498 g/mol. The molecule has 0 saturated carbocycles. The molecule has 5 rings (SSSR count). The van der Waals surface area contributed by atoms with Crippen LogP contribution in [-0.2, 0) is 6.54 Å². The van der Waals surface area contributed by atoms with Gasteiger partial charge in [-0.1, -0.05) is 36.7 Å². The molecule has 1 aliphatic heterocycles. The van der Waals surface area contributed by atoms with Gasteiger partial charge >= 0.3 is 0 Å². The van der Waals surface area contributed by atoms with Crippen molar-refractivity contribution in [1.29, 1.82) is 0 Å². The molecule has 0 bridgehead atoms. The number of piperidine rings is 1. The Balaban J connectivity index is 0.00000274. The Labute approximate surface area is 213 Å². The van der Waals surface area contributed by atoms with Crippen LogP contribution in [0.15, 0.2) is 59.0 Å². The standard InChI is InChI=1S/C29H33ClNO2.ClH/c1-20-10-12-31(13-11-20,19-23-5-4-21(2)22(3)16-23)14-15-32-25-7-9-27-26-8-6-24(30)17-28(26)33-29(27)18-25;/h4-9,16-18,20H,10-15,19H2,1-3H3;1H/q+1;/p-1. The van der Waals surface area contributed by atoms with E-state index in [2.05, 4.69) is 51.1 Å². The van der Waals surface area contributed by atoms with Crippen LogP contribution in [0, 0.1) is 19.8 Å². The van der Waals surface area contributed by atoms with Gasteiger partial charge in [-0.05, 0) is 68.0 Å². The zero-order valence-corrected chi connectivity index (χ0v) is 21.8. The lowest BCUT2D eigenvalue weighted by Crippen LogP contribution is -3.00. The molecule has 3 aromatic carbocycles. The first-order chi connectivity index (χ1) is 15.9. The van der Waals surface area contributed by atoms with Crippen molar-refractivity contribution in [3.8, 4) is 5.75 Å². The number of halogens is 2. The second-order valence-electron chi connectivity index (χ2n) is 10.0. The zero-order chi connectivity index (χ0) is 23.0.